The van der Waals surface area contributed by atoms with Crippen molar-refractivity contribution in [2.24, 2.45) is 0 Å². The molecule has 2 heterocycles. The van der Waals surface area contributed by atoms with Crippen LogP contribution in [0.15, 0.2) is 180 Å². The summed E-state index contributed by atoms with van der Waals surface area (Å²) in [5, 5.41) is 8.74. The highest BCUT2D eigenvalue weighted by Gasteiger charge is 2.40. The molecule has 3 aliphatic rings. The highest BCUT2D eigenvalue weighted by Crippen LogP contribution is 2.54. The Hall–Kier alpha value is -7.16. The third-order valence-electron chi connectivity index (χ3n) is 13.6. The van der Waals surface area contributed by atoms with Crippen LogP contribution < -0.4 is 4.74 Å². The molecule has 1 aliphatic heterocycles. The molecule has 0 radical (unpaired) electrons. The molecule has 0 spiro atoms. The molecule has 1 aromatic heterocycles. The minimum atomic E-state index is -0.196. The molecule has 0 saturated carbocycles. The minimum absolute atomic E-state index is 0.133. The van der Waals surface area contributed by atoms with Gasteiger partial charge in [-0.05, 0) is 124 Å². The van der Waals surface area contributed by atoms with Crippen LogP contribution in [0.4, 0.5) is 0 Å². The number of rotatable bonds is 3. The molecule has 59 heavy (non-hydrogen) atoms. The zero-order valence-corrected chi connectivity index (χ0v) is 32.8. The van der Waals surface area contributed by atoms with Crippen molar-refractivity contribution in [2.45, 2.75) is 31.3 Å². The Morgan fingerprint density at radius 2 is 1.03 bits per heavy atom. The lowest BCUT2D eigenvalue weighted by molar-refractivity contribution is 0.193. The van der Waals surface area contributed by atoms with Gasteiger partial charge in [0.15, 0.2) is 11.9 Å². The van der Waals surface area contributed by atoms with Gasteiger partial charge in [0.2, 0.25) is 0 Å². The summed E-state index contributed by atoms with van der Waals surface area (Å²) in [6.07, 6.45) is 4.39. The van der Waals surface area contributed by atoms with Gasteiger partial charge < -0.3 is 9.15 Å². The Labute approximate surface area is 342 Å². The van der Waals surface area contributed by atoms with Gasteiger partial charge >= 0.3 is 0 Å². The second-order valence-corrected chi connectivity index (χ2v) is 17.1. The number of hydrogen-bond donors (Lipinski definition) is 0. The number of hydrogen-bond acceptors (Lipinski definition) is 2. The molecule has 2 heteroatoms. The van der Waals surface area contributed by atoms with Gasteiger partial charge in [-0.25, -0.2) is 0 Å². The van der Waals surface area contributed by atoms with Gasteiger partial charge in [0.05, 0.1) is 5.92 Å². The topological polar surface area (TPSA) is 22.4 Å². The number of furan rings is 1. The van der Waals surface area contributed by atoms with E-state index in [9.17, 15) is 0 Å². The monoisotopic (exact) mass is 754 g/mol. The molecule has 0 amide bonds. The van der Waals surface area contributed by atoms with Gasteiger partial charge in [0.1, 0.15) is 11.3 Å². The van der Waals surface area contributed by atoms with Crippen molar-refractivity contribution in [3.8, 4) is 50.3 Å². The molecule has 9 aromatic carbocycles. The average Bonchev–Trinajstić information content (AvgIpc) is 3.92. The lowest BCUT2D eigenvalue weighted by Gasteiger charge is -2.23. The van der Waals surface area contributed by atoms with Gasteiger partial charge in [-0.2, -0.15) is 0 Å². The molecule has 2 nitrogen and oxygen atoms in total. The normalized spacial score (nSPS) is 16.8. The highest BCUT2D eigenvalue weighted by atomic mass is 16.5. The third kappa shape index (κ3) is 4.63. The summed E-state index contributed by atoms with van der Waals surface area (Å²) in [5.41, 5.74) is 15.9. The Balaban J connectivity index is 0.907. The van der Waals surface area contributed by atoms with E-state index in [1.807, 2.05) is 6.07 Å². The van der Waals surface area contributed by atoms with Crippen molar-refractivity contribution >= 4 is 49.4 Å². The second-order valence-electron chi connectivity index (χ2n) is 17.1. The lowest BCUT2D eigenvalue weighted by atomic mass is 9.80. The molecule has 0 N–H and O–H groups in total. The Kier molecular flexibility index (Phi) is 6.65. The van der Waals surface area contributed by atoms with Crippen molar-refractivity contribution in [3.63, 3.8) is 0 Å². The van der Waals surface area contributed by atoms with Gasteiger partial charge in [-0.15, -0.1) is 0 Å². The standard InChI is InChI=1S/C57H38O2/c1-57(2)49-31-36(35-23-28-52-48(30-35)47-27-26-46-41-13-9-10-18-51(41)58-55(46)56(47)59-52)21-24-39(49)40-25-22-38(32-50(40)57)54-44-16-7-5-14-42(44)53(43-15-6-8-17-45(43)54)37-20-19-33-11-3-4-12-34(33)29-37/h3-32,46,55H,1-2H3. The largest absolute Gasteiger partial charge is 0.481 e. The molecule has 2 atom stereocenters. The second kappa shape index (κ2) is 11.9. The summed E-state index contributed by atoms with van der Waals surface area (Å²) in [7, 11) is 0. The van der Waals surface area contributed by atoms with Crippen LogP contribution in [0, 0.1) is 0 Å². The van der Waals surface area contributed by atoms with Crippen LogP contribution in [0.25, 0.3) is 93.9 Å². The maximum atomic E-state index is 6.55. The van der Waals surface area contributed by atoms with Crippen LogP contribution in [0.1, 0.15) is 53.9 Å². The quantitative estimate of drug-likeness (QED) is 0.168. The minimum Gasteiger partial charge on any atom is -0.481 e. The molecule has 13 rings (SSSR count). The summed E-state index contributed by atoms with van der Waals surface area (Å²) in [6.45, 7) is 4.78. The fourth-order valence-electron chi connectivity index (χ4n) is 10.7. The summed E-state index contributed by atoms with van der Waals surface area (Å²) in [6, 6.07) is 62.7. The molecule has 0 fully saturated rings. The van der Waals surface area contributed by atoms with Crippen molar-refractivity contribution in [1.29, 1.82) is 0 Å². The van der Waals surface area contributed by atoms with E-state index in [0.717, 1.165) is 28.0 Å². The van der Waals surface area contributed by atoms with Crippen molar-refractivity contribution < 1.29 is 9.15 Å². The van der Waals surface area contributed by atoms with E-state index >= 15 is 0 Å². The molecular formula is C57H38O2. The number of fused-ring (bicyclic) bond motifs is 13. The smallest absolute Gasteiger partial charge is 0.167 e. The van der Waals surface area contributed by atoms with Crippen LogP contribution in [0.2, 0.25) is 0 Å². The van der Waals surface area contributed by atoms with Crippen LogP contribution in [0.3, 0.4) is 0 Å². The predicted molar refractivity (Wildman–Crippen MR) is 244 cm³/mol. The number of benzene rings is 9. The van der Waals surface area contributed by atoms with Crippen molar-refractivity contribution in [3.05, 3.63) is 204 Å². The van der Waals surface area contributed by atoms with Gasteiger partial charge in [-0.1, -0.05) is 159 Å². The molecule has 0 bridgehead atoms. The first-order valence-electron chi connectivity index (χ1n) is 20.7. The summed E-state index contributed by atoms with van der Waals surface area (Å²) < 4.78 is 13.0. The van der Waals surface area contributed by atoms with Crippen LogP contribution >= 0.6 is 0 Å². The molecule has 2 unspecified atom stereocenters. The molecular weight excluding hydrogens is 717 g/mol. The summed E-state index contributed by atoms with van der Waals surface area (Å²) in [4.78, 5) is 0. The van der Waals surface area contributed by atoms with E-state index in [4.69, 9.17) is 9.15 Å². The van der Waals surface area contributed by atoms with Crippen LogP contribution in [-0.4, -0.2) is 0 Å². The van der Waals surface area contributed by atoms with Crippen molar-refractivity contribution in [1.82, 2.24) is 0 Å². The first-order valence-corrected chi connectivity index (χ1v) is 20.7. The highest BCUT2D eigenvalue weighted by molar-refractivity contribution is 6.22. The average molecular weight is 755 g/mol. The predicted octanol–water partition coefficient (Wildman–Crippen LogP) is 15.4. The first-order chi connectivity index (χ1) is 29.0. The van der Waals surface area contributed by atoms with Crippen molar-refractivity contribution in [2.75, 3.05) is 0 Å². The van der Waals surface area contributed by atoms with Crippen LogP contribution in [0.5, 0.6) is 5.75 Å². The Bertz CT molecular complexity index is 3410. The van der Waals surface area contributed by atoms with E-state index in [0.29, 0.717) is 0 Å². The first kappa shape index (κ1) is 32.9. The molecule has 2 aliphatic carbocycles. The van der Waals surface area contributed by atoms with E-state index < -0.39 is 0 Å². The summed E-state index contributed by atoms with van der Waals surface area (Å²) in [5.74, 6) is 2.05. The van der Waals surface area contributed by atoms with E-state index in [1.165, 1.54) is 93.5 Å². The molecule has 10 aromatic rings. The fraction of sp³-hybridized carbons (Fsp3) is 0.0877. The van der Waals surface area contributed by atoms with Crippen LogP contribution in [-0.2, 0) is 5.41 Å². The summed E-state index contributed by atoms with van der Waals surface area (Å²) >= 11 is 0. The number of para-hydroxylation sites is 1. The van der Waals surface area contributed by atoms with E-state index in [-0.39, 0.29) is 17.4 Å². The molecule has 0 saturated heterocycles. The van der Waals surface area contributed by atoms with E-state index in [2.05, 4.69) is 190 Å². The Morgan fingerprint density at radius 1 is 0.475 bits per heavy atom. The van der Waals surface area contributed by atoms with E-state index in [1.54, 1.807) is 0 Å². The maximum absolute atomic E-state index is 6.55. The fourth-order valence-corrected chi connectivity index (χ4v) is 10.7. The van der Waals surface area contributed by atoms with Gasteiger partial charge in [0.25, 0.3) is 0 Å². The number of ether oxygens (including phenoxy) is 1. The third-order valence-corrected chi connectivity index (χ3v) is 13.6. The Morgan fingerprint density at radius 3 is 1.76 bits per heavy atom. The SMILES string of the molecule is CC1(C)c2cc(-c3ccc4oc5c(c4c3)C=CC3c4ccccc4OC53)ccc2-c2ccc(-c3c4ccccc4c(-c4ccc5ccccc5c4)c4ccccc34)cc21. The maximum Gasteiger partial charge on any atom is 0.167 e. The van der Waals surface area contributed by atoms with Gasteiger partial charge in [-0.3, -0.25) is 0 Å². The lowest BCUT2D eigenvalue weighted by Crippen LogP contribution is -2.15. The molecule has 278 valence electrons. The van der Waals surface area contributed by atoms with Gasteiger partial charge in [0, 0.05) is 21.9 Å². The zero-order chi connectivity index (χ0) is 39.0. The zero-order valence-electron chi connectivity index (χ0n) is 32.8.